The summed E-state index contributed by atoms with van der Waals surface area (Å²) >= 11 is 0. The topological polar surface area (TPSA) is 27.7 Å². The normalized spacial score (nSPS) is 21.9. The Kier molecular flexibility index (Phi) is 7.61. The van der Waals surface area contributed by atoms with Crippen molar-refractivity contribution in [1.29, 1.82) is 0 Å². The van der Waals surface area contributed by atoms with Crippen molar-refractivity contribution >= 4 is 8.80 Å². The molecular weight excluding hydrogens is 292 g/mol. The third-order valence-electron chi connectivity index (χ3n) is 4.97. The minimum atomic E-state index is -2.70. The summed E-state index contributed by atoms with van der Waals surface area (Å²) in [4.78, 5) is 0. The maximum absolute atomic E-state index is 6.22. The minimum absolute atomic E-state index is 0.622. The number of hydrogen-bond acceptors (Lipinski definition) is 3. The Balaban J connectivity index is 2.31. The third kappa shape index (κ3) is 4.44. The van der Waals surface area contributed by atoms with Gasteiger partial charge in [0.1, 0.15) is 0 Å². The highest BCUT2D eigenvalue weighted by molar-refractivity contribution is 6.69. The number of allylic oxidation sites excluding steroid dienone is 2. The molecule has 0 bridgehead atoms. The monoisotopic (exact) mass is 326 g/mol. The molecule has 0 amide bonds. The Morgan fingerprint density at radius 2 is 1.27 bits per heavy atom. The molecule has 3 nitrogen and oxygen atoms in total. The van der Waals surface area contributed by atoms with Crippen LogP contribution in [0.5, 0.6) is 0 Å². The van der Waals surface area contributed by atoms with Crippen molar-refractivity contribution in [3.05, 3.63) is 11.3 Å². The maximum Gasteiger partial charge on any atom is 0.532 e. The van der Waals surface area contributed by atoms with Crippen molar-refractivity contribution in [3.8, 4) is 0 Å². The highest BCUT2D eigenvalue weighted by atomic mass is 28.4. The van der Waals surface area contributed by atoms with Crippen LogP contribution < -0.4 is 0 Å². The first-order valence-corrected chi connectivity index (χ1v) is 11.1. The van der Waals surface area contributed by atoms with Crippen molar-refractivity contribution in [1.82, 2.24) is 0 Å². The second-order valence-corrected chi connectivity index (χ2v) is 9.06. The van der Waals surface area contributed by atoms with Crippen LogP contribution in [0.25, 0.3) is 0 Å². The fourth-order valence-corrected chi connectivity index (χ4v) is 7.17. The van der Waals surface area contributed by atoms with Gasteiger partial charge in [0.2, 0.25) is 0 Å². The molecule has 2 fully saturated rings. The van der Waals surface area contributed by atoms with E-state index in [0.29, 0.717) is 31.7 Å². The van der Waals surface area contributed by atoms with Crippen LogP contribution >= 0.6 is 0 Å². The first-order chi connectivity index (χ1) is 10.8. The van der Waals surface area contributed by atoms with E-state index >= 15 is 0 Å². The number of hydrogen-bond donors (Lipinski definition) is 0. The summed E-state index contributed by atoms with van der Waals surface area (Å²) in [6.07, 6.45) is 13.1. The van der Waals surface area contributed by atoms with E-state index < -0.39 is 8.80 Å². The van der Waals surface area contributed by atoms with Crippen LogP contribution in [0.1, 0.15) is 72.1 Å². The van der Waals surface area contributed by atoms with Crippen LogP contribution in [0.15, 0.2) is 11.3 Å². The molecule has 0 spiro atoms. The molecule has 4 heteroatoms. The first-order valence-electron chi connectivity index (χ1n) is 9.39. The van der Waals surface area contributed by atoms with Crippen LogP contribution in [0.4, 0.5) is 0 Å². The maximum atomic E-state index is 6.22. The van der Waals surface area contributed by atoms with Gasteiger partial charge >= 0.3 is 8.80 Å². The van der Waals surface area contributed by atoms with Crippen LogP contribution in [-0.4, -0.2) is 28.6 Å². The van der Waals surface area contributed by atoms with Gasteiger partial charge in [-0.15, -0.1) is 0 Å². The molecule has 128 valence electrons. The molecule has 0 saturated heterocycles. The average molecular weight is 327 g/mol. The molecule has 2 aliphatic carbocycles. The lowest BCUT2D eigenvalue weighted by Crippen LogP contribution is -2.50. The van der Waals surface area contributed by atoms with Crippen LogP contribution in [-0.2, 0) is 13.3 Å². The molecule has 0 aromatic rings. The molecule has 0 aromatic heterocycles. The number of rotatable bonds is 9. The van der Waals surface area contributed by atoms with E-state index in [-0.39, 0.29) is 0 Å². The van der Waals surface area contributed by atoms with E-state index in [2.05, 4.69) is 26.8 Å². The van der Waals surface area contributed by atoms with Crippen molar-refractivity contribution in [2.45, 2.75) is 72.1 Å². The zero-order valence-electron chi connectivity index (χ0n) is 14.7. The molecule has 0 aliphatic heterocycles. The summed E-state index contributed by atoms with van der Waals surface area (Å²) in [6, 6.07) is 0. The van der Waals surface area contributed by atoms with Crippen molar-refractivity contribution in [2.75, 3.05) is 19.8 Å². The summed E-state index contributed by atoms with van der Waals surface area (Å²) in [5, 5.41) is 1.42. The molecule has 0 radical (unpaired) electrons. The smallest absolute Gasteiger partial charge is 0.370 e. The molecule has 0 heterocycles. The standard InChI is InChI=1S/C18H34O3Si/c1-4-19-22(20-5-2,21-6-3)18(17-13-9-10-14-17)15-16-11-7-8-12-16/h15-17H,4-14H2,1-3H3. The van der Waals surface area contributed by atoms with Gasteiger partial charge in [0, 0.05) is 19.8 Å². The Morgan fingerprint density at radius 3 is 1.73 bits per heavy atom. The van der Waals surface area contributed by atoms with Gasteiger partial charge in [0.15, 0.2) is 0 Å². The third-order valence-corrected chi connectivity index (χ3v) is 8.25. The second kappa shape index (κ2) is 9.21. The molecule has 0 atom stereocenters. The SMILES string of the molecule is CCO[Si](OCC)(OCC)C(=CC1CCCC1)C1CCCC1. The summed E-state index contributed by atoms with van der Waals surface area (Å²) < 4.78 is 18.7. The Hall–Kier alpha value is -0.163. The first kappa shape index (κ1) is 18.2. The van der Waals surface area contributed by atoms with Gasteiger partial charge in [0.05, 0.1) is 0 Å². The quantitative estimate of drug-likeness (QED) is 0.565. The van der Waals surface area contributed by atoms with Gasteiger partial charge in [0.25, 0.3) is 0 Å². The Morgan fingerprint density at radius 1 is 0.818 bits per heavy atom. The highest BCUT2D eigenvalue weighted by Gasteiger charge is 2.48. The van der Waals surface area contributed by atoms with E-state index in [1.165, 1.54) is 56.6 Å². The second-order valence-electron chi connectivity index (χ2n) is 6.50. The van der Waals surface area contributed by atoms with Gasteiger partial charge in [-0.1, -0.05) is 31.8 Å². The van der Waals surface area contributed by atoms with E-state index in [1.54, 1.807) is 0 Å². The highest BCUT2D eigenvalue weighted by Crippen LogP contribution is 2.40. The Labute approximate surface area is 137 Å². The zero-order chi connectivity index (χ0) is 15.8. The molecule has 0 aromatic carbocycles. The van der Waals surface area contributed by atoms with Crippen molar-refractivity contribution in [2.24, 2.45) is 11.8 Å². The van der Waals surface area contributed by atoms with Gasteiger partial charge < -0.3 is 13.3 Å². The average Bonchev–Trinajstić information content (AvgIpc) is 3.19. The van der Waals surface area contributed by atoms with Gasteiger partial charge in [-0.2, -0.15) is 0 Å². The summed E-state index contributed by atoms with van der Waals surface area (Å²) in [5.41, 5.74) is 0. The predicted molar refractivity (Wildman–Crippen MR) is 92.6 cm³/mol. The van der Waals surface area contributed by atoms with E-state index in [9.17, 15) is 0 Å². The zero-order valence-corrected chi connectivity index (χ0v) is 15.7. The lowest BCUT2D eigenvalue weighted by molar-refractivity contribution is 0.0774. The summed E-state index contributed by atoms with van der Waals surface area (Å²) in [7, 11) is -2.70. The fraction of sp³-hybridized carbons (Fsp3) is 0.889. The Bertz CT molecular complexity index is 327. The largest absolute Gasteiger partial charge is 0.532 e. The summed E-state index contributed by atoms with van der Waals surface area (Å²) in [6.45, 7) is 8.17. The molecular formula is C18H34O3Si. The van der Waals surface area contributed by atoms with Crippen LogP contribution in [0.2, 0.25) is 0 Å². The molecule has 0 N–H and O–H groups in total. The van der Waals surface area contributed by atoms with E-state index in [0.717, 1.165) is 0 Å². The molecule has 2 aliphatic rings. The molecule has 0 unspecified atom stereocenters. The lowest BCUT2D eigenvalue weighted by Gasteiger charge is -2.34. The van der Waals surface area contributed by atoms with Gasteiger partial charge in [-0.3, -0.25) is 0 Å². The van der Waals surface area contributed by atoms with Gasteiger partial charge in [-0.25, -0.2) is 0 Å². The van der Waals surface area contributed by atoms with Crippen LogP contribution in [0.3, 0.4) is 0 Å². The molecule has 2 saturated carbocycles. The fourth-order valence-electron chi connectivity index (χ4n) is 4.05. The van der Waals surface area contributed by atoms with Crippen LogP contribution in [0, 0.1) is 11.8 Å². The molecule has 22 heavy (non-hydrogen) atoms. The lowest BCUT2D eigenvalue weighted by atomic mass is 10.0. The van der Waals surface area contributed by atoms with Crippen molar-refractivity contribution < 1.29 is 13.3 Å². The summed E-state index contributed by atoms with van der Waals surface area (Å²) in [5.74, 6) is 1.33. The predicted octanol–water partition coefficient (Wildman–Crippen LogP) is 4.88. The van der Waals surface area contributed by atoms with Gasteiger partial charge in [-0.05, 0) is 63.5 Å². The van der Waals surface area contributed by atoms with Crippen molar-refractivity contribution in [3.63, 3.8) is 0 Å². The molecule has 2 rings (SSSR count). The van der Waals surface area contributed by atoms with E-state index in [4.69, 9.17) is 13.3 Å². The minimum Gasteiger partial charge on any atom is -0.370 e. The van der Waals surface area contributed by atoms with E-state index in [1.807, 2.05) is 0 Å².